The maximum Gasteiger partial charge on any atom is 0.227 e. The fraction of sp³-hybridized carbons (Fsp3) is 0.400. The van der Waals surface area contributed by atoms with Crippen molar-refractivity contribution in [1.29, 1.82) is 0 Å². The number of rotatable bonds is 3. The third-order valence-corrected chi connectivity index (χ3v) is 3.85. The number of likely N-dealkylation sites (tertiary alicyclic amines) is 1. The average Bonchev–Trinajstić information content (AvgIpc) is 3.06. The quantitative estimate of drug-likeness (QED) is 0.914. The number of methoxy groups -OCH3 is 1. The minimum Gasteiger partial charge on any atom is -0.380 e. The molecule has 1 saturated heterocycles. The maximum absolute atomic E-state index is 12.3. The van der Waals surface area contributed by atoms with Gasteiger partial charge in [0.25, 0.3) is 0 Å². The molecule has 0 saturated carbocycles. The molecule has 0 aliphatic carbocycles. The van der Waals surface area contributed by atoms with E-state index in [2.05, 4.69) is 11.1 Å². The number of carbonyl (C=O) groups excluding carboxylic acids is 1. The van der Waals surface area contributed by atoms with Crippen molar-refractivity contribution in [2.24, 2.45) is 0 Å². The van der Waals surface area contributed by atoms with Gasteiger partial charge in [0, 0.05) is 37.3 Å². The van der Waals surface area contributed by atoms with E-state index in [9.17, 15) is 4.79 Å². The monoisotopic (exact) mass is 258 g/mol. The Kier molecular flexibility index (Phi) is 3.25. The van der Waals surface area contributed by atoms with E-state index >= 15 is 0 Å². The molecular formula is C15H18N2O2. The van der Waals surface area contributed by atoms with Crippen LogP contribution in [0.4, 0.5) is 0 Å². The molecule has 1 aliphatic rings. The molecule has 1 aromatic carbocycles. The van der Waals surface area contributed by atoms with Crippen LogP contribution in [0.3, 0.4) is 0 Å². The van der Waals surface area contributed by atoms with E-state index in [0.717, 1.165) is 36.0 Å². The Labute approximate surface area is 112 Å². The van der Waals surface area contributed by atoms with Gasteiger partial charge in [-0.05, 0) is 18.1 Å². The predicted molar refractivity (Wildman–Crippen MR) is 74.0 cm³/mol. The normalized spacial score (nSPS) is 19.2. The summed E-state index contributed by atoms with van der Waals surface area (Å²) in [5.74, 6) is 0.185. The van der Waals surface area contributed by atoms with Gasteiger partial charge in [-0.3, -0.25) is 4.79 Å². The lowest BCUT2D eigenvalue weighted by Crippen LogP contribution is -2.31. The fourth-order valence-electron chi connectivity index (χ4n) is 2.70. The van der Waals surface area contributed by atoms with Gasteiger partial charge in [-0.2, -0.15) is 0 Å². The molecule has 4 heteroatoms. The topological polar surface area (TPSA) is 45.3 Å². The van der Waals surface area contributed by atoms with Gasteiger partial charge in [-0.25, -0.2) is 0 Å². The number of H-pyrrole nitrogens is 1. The maximum atomic E-state index is 12.3. The fourth-order valence-corrected chi connectivity index (χ4v) is 2.70. The van der Waals surface area contributed by atoms with Gasteiger partial charge in [0.2, 0.25) is 5.91 Å². The summed E-state index contributed by atoms with van der Waals surface area (Å²) in [4.78, 5) is 17.4. The zero-order valence-electron chi connectivity index (χ0n) is 11.1. The molecule has 1 N–H and O–H groups in total. The van der Waals surface area contributed by atoms with Crippen molar-refractivity contribution < 1.29 is 9.53 Å². The van der Waals surface area contributed by atoms with Crippen molar-refractivity contribution in [2.45, 2.75) is 18.9 Å². The number of hydrogen-bond donors (Lipinski definition) is 1. The summed E-state index contributed by atoms with van der Waals surface area (Å²) in [6, 6.07) is 8.07. The second-order valence-electron chi connectivity index (χ2n) is 5.02. The Hall–Kier alpha value is -1.81. The molecule has 1 amide bonds. The first-order valence-electron chi connectivity index (χ1n) is 6.63. The van der Waals surface area contributed by atoms with Gasteiger partial charge < -0.3 is 14.6 Å². The smallest absolute Gasteiger partial charge is 0.227 e. The van der Waals surface area contributed by atoms with Crippen LogP contribution in [0.15, 0.2) is 30.5 Å². The van der Waals surface area contributed by atoms with E-state index in [1.54, 1.807) is 7.11 Å². The molecule has 1 atom stereocenters. The second-order valence-corrected chi connectivity index (χ2v) is 5.02. The summed E-state index contributed by atoms with van der Waals surface area (Å²) < 4.78 is 5.30. The van der Waals surface area contributed by atoms with Crippen LogP contribution in [0.2, 0.25) is 0 Å². The number of fused-ring (bicyclic) bond motifs is 1. The Balaban J connectivity index is 1.73. The van der Waals surface area contributed by atoms with Gasteiger partial charge in [0.1, 0.15) is 0 Å². The number of amides is 1. The number of nitrogens with one attached hydrogen (secondary N) is 1. The molecule has 2 aromatic rings. The molecule has 0 bridgehead atoms. The minimum atomic E-state index is 0.185. The van der Waals surface area contributed by atoms with E-state index in [-0.39, 0.29) is 12.0 Å². The van der Waals surface area contributed by atoms with E-state index in [1.807, 2.05) is 29.3 Å². The molecule has 2 heterocycles. The van der Waals surface area contributed by atoms with E-state index in [1.165, 1.54) is 0 Å². The Morgan fingerprint density at radius 2 is 2.32 bits per heavy atom. The summed E-state index contributed by atoms with van der Waals surface area (Å²) in [7, 11) is 1.71. The van der Waals surface area contributed by atoms with Gasteiger partial charge in [0.15, 0.2) is 0 Å². The van der Waals surface area contributed by atoms with Gasteiger partial charge in [-0.1, -0.05) is 18.2 Å². The number of hydrogen-bond acceptors (Lipinski definition) is 2. The van der Waals surface area contributed by atoms with Crippen molar-refractivity contribution in [1.82, 2.24) is 9.88 Å². The van der Waals surface area contributed by atoms with Crippen molar-refractivity contribution in [3.63, 3.8) is 0 Å². The van der Waals surface area contributed by atoms with Crippen LogP contribution in [-0.4, -0.2) is 42.1 Å². The highest BCUT2D eigenvalue weighted by Crippen LogP contribution is 2.20. The number of para-hydroxylation sites is 1. The molecule has 0 radical (unpaired) electrons. The van der Waals surface area contributed by atoms with Gasteiger partial charge >= 0.3 is 0 Å². The van der Waals surface area contributed by atoms with Crippen molar-refractivity contribution >= 4 is 16.8 Å². The third-order valence-electron chi connectivity index (χ3n) is 3.85. The summed E-state index contributed by atoms with van der Waals surface area (Å²) in [6.07, 6.45) is 3.54. The summed E-state index contributed by atoms with van der Waals surface area (Å²) in [5.41, 5.74) is 2.16. The number of nitrogens with zero attached hydrogens (tertiary/aromatic N) is 1. The zero-order valence-corrected chi connectivity index (χ0v) is 11.1. The molecule has 0 spiro atoms. The molecule has 19 heavy (non-hydrogen) atoms. The van der Waals surface area contributed by atoms with E-state index in [4.69, 9.17) is 4.74 Å². The second kappa shape index (κ2) is 5.05. The largest absolute Gasteiger partial charge is 0.380 e. The molecule has 1 aliphatic heterocycles. The Morgan fingerprint density at radius 1 is 1.47 bits per heavy atom. The van der Waals surface area contributed by atoms with Crippen LogP contribution in [0.25, 0.3) is 10.9 Å². The van der Waals surface area contributed by atoms with Crippen LogP contribution in [0.1, 0.15) is 12.0 Å². The number of carbonyl (C=O) groups is 1. The minimum absolute atomic E-state index is 0.185. The Bertz CT molecular complexity index is 591. The van der Waals surface area contributed by atoms with Crippen LogP contribution in [0.5, 0.6) is 0 Å². The SMILES string of the molecule is COC1CCN(C(=O)Cc2c[nH]c3ccccc23)C1. The predicted octanol–water partition coefficient (Wildman–Crippen LogP) is 1.96. The first-order valence-corrected chi connectivity index (χ1v) is 6.63. The number of aromatic nitrogens is 1. The van der Waals surface area contributed by atoms with E-state index < -0.39 is 0 Å². The molecule has 1 fully saturated rings. The lowest BCUT2D eigenvalue weighted by Gasteiger charge is -2.15. The third kappa shape index (κ3) is 2.36. The van der Waals surface area contributed by atoms with Crippen LogP contribution < -0.4 is 0 Å². The molecule has 3 rings (SSSR count). The summed E-state index contributed by atoms with van der Waals surface area (Å²) >= 11 is 0. The first-order chi connectivity index (χ1) is 9.28. The first kappa shape index (κ1) is 12.2. The lowest BCUT2D eigenvalue weighted by atomic mass is 10.1. The summed E-state index contributed by atoms with van der Waals surface area (Å²) in [6.45, 7) is 1.53. The van der Waals surface area contributed by atoms with Gasteiger partial charge in [-0.15, -0.1) is 0 Å². The molecule has 100 valence electrons. The molecule has 1 aromatic heterocycles. The van der Waals surface area contributed by atoms with E-state index in [0.29, 0.717) is 6.42 Å². The lowest BCUT2D eigenvalue weighted by molar-refractivity contribution is -0.129. The van der Waals surface area contributed by atoms with Crippen molar-refractivity contribution in [3.05, 3.63) is 36.0 Å². The van der Waals surface area contributed by atoms with Crippen LogP contribution >= 0.6 is 0 Å². The standard InChI is InChI=1S/C15H18N2O2/c1-19-12-6-7-17(10-12)15(18)8-11-9-16-14-5-3-2-4-13(11)14/h2-5,9,12,16H,6-8,10H2,1H3. The highest BCUT2D eigenvalue weighted by molar-refractivity contribution is 5.88. The number of aromatic amines is 1. The average molecular weight is 258 g/mol. The Morgan fingerprint density at radius 3 is 3.11 bits per heavy atom. The molecule has 1 unspecified atom stereocenters. The van der Waals surface area contributed by atoms with Gasteiger partial charge in [0.05, 0.1) is 12.5 Å². The molecule has 4 nitrogen and oxygen atoms in total. The highest BCUT2D eigenvalue weighted by atomic mass is 16.5. The van der Waals surface area contributed by atoms with Crippen LogP contribution in [0, 0.1) is 0 Å². The zero-order chi connectivity index (χ0) is 13.2. The summed E-state index contributed by atoms with van der Waals surface area (Å²) in [5, 5.41) is 1.14. The van der Waals surface area contributed by atoms with Crippen molar-refractivity contribution in [3.8, 4) is 0 Å². The highest BCUT2D eigenvalue weighted by Gasteiger charge is 2.26. The number of ether oxygens (including phenoxy) is 1. The van der Waals surface area contributed by atoms with Crippen LogP contribution in [-0.2, 0) is 16.0 Å². The molecular weight excluding hydrogens is 240 g/mol. The van der Waals surface area contributed by atoms with Crippen molar-refractivity contribution in [2.75, 3.05) is 20.2 Å². The number of benzene rings is 1.